The van der Waals surface area contributed by atoms with Crippen LogP contribution in [0.25, 0.3) is 5.57 Å². The van der Waals surface area contributed by atoms with Crippen molar-refractivity contribution in [2.24, 2.45) is 0 Å². The third kappa shape index (κ3) is 4.76. The van der Waals surface area contributed by atoms with Crippen LogP contribution >= 0.6 is 0 Å². The second kappa shape index (κ2) is 9.64. The SMILES string of the molecule is O=C(/C(=C\C(C(=O)c1ccccc1)c1ccccc1)c1ccccc1)c1ccccc1. The first-order valence-electron chi connectivity index (χ1n) is 10.3. The van der Waals surface area contributed by atoms with Gasteiger partial charge in [0.25, 0.3) is 0 Å². The van der Waals surface area contributed by atoms with Crippen molar-refractivity contribution < 1.29 is 9.59 Å². The normalized spacial score (nSPS) is 12.2. The van der Waals surface area contributed by atoms with Gasteiger partial charge in [-0.25, -0.2) is 0 Å². The molecule has 4 aromatic rings. The zero-order chi connectivity index (χ0) is 21.5. The summed E-state index contributed by atoms with van der Waals surface area (Å²) in [6.07, 6.45) is 1.81. The zero-order valence-corrected chi connectivity index (χ0v) is 17.0. The zero-order valence-electron chi connectivity index (χ0n) is 17.0. The molecule has 0 fully saturated rings. The number of hydrogen-bond acceptors (Lipinski definition) is 2. The Morgan fingerprint density at radius 1 is 0.516 bits per heavy atom. The fourth-order valence-electron chi connectivity index (χ4n) is 3.60. The molecular weight excluding hydrogens is 380 g/mol. The van der Waals surface area contributed by atoms with Crippen LogP contribution < -0.4 is 0 Å². The molecule has 0 amide bonds. The van der Waals surface area contributed by atoms with Crippen molar-refractivity contribution in [3.05, 3.63) is 150 Å². The average molecular weight is 402 g/mol. The van der Waals surface area contributed by atoms with E-state index in [2.05, 4.69) is 0 Å². The lowest BCUT2D eigenvalue weighted by Gasteiger charge is -2.16. The molecule has 0 aliphatic heterocycles. The minimum absolute atomic E-state index is 0.0407. The maximum absolute atomic E-state index is 13.5. The molecule has 0 N–H and O–H groups in total. The van der Waals surface area contributed by atoms with Crippen molar-refractivity contribution in [3.8, 4) is 0 Å². The number of benzene rings is 4. The molecular formula is C29H22O2. The molecule has 2 heteroatoms. The Hall–Kier alpha value is -4.04. The predicted molar refractivity (Wildman–Crippen MR) is 125 cm³/mol. The molecule has 1 unspecified atom stereocenters. The molecule has 0 radical (unpaired) electrons. The van der Waals surface area contributed by atoms with E-state index in [-0.39, 0.29) is 11.6 Å². The number of carbonyl (C=O) groups is 2. The van der Waals surface area contributed by atoms with Crippen LogP contribution in [-0.4, -0.2) is 11.6 Å². The van der Waals surface area contributed by atoms with E-state index in [1.807, 2.05) is 115 Å². The first-order chi connectivity index (χ1) is 15.2. The van der Waals surface area contributed by atoms with Crippen LogP contribution in [0.15, 0.2) is 127 Å². The molecule has 0 saturated carbocycles. The molecule has 0 aliphatic rings. The standard InChI is InChI=1S/C29H22O2/c30-28(24-17-9-3-10-18-24)26(22-13-5-1-6-14-22)21-27(23-15-7-2-8-16-23)29(31)25-19-11-4-12-20-25/h1-21,26H/b27-21-. The molecule has 31 heavy (non-hydrogen) atoms. The minimum Gasteiger partial charge on any atom is -0.293 e. The Bertz CT molecular complexity index is 1180. The number of allylic oxidation sites excluding steroid dienone is 2. The Kier molecular flexibility index (Phi) is 6.29. The average Bonchev–Trinajstić information content (AvgIpc) is 2.86. The molecule has 4 rings (SSSR count). The van der Waals surface area contributed by atoms with E-state index in [9.17, 15) is 9.59 Å². The van der Waals surface area contributed by atoms with Crippen molar-refractivity contribution in [3.63, 3.8) is 0 Å². The number of rotatable bonds is 7. The van der Waals surface area contributed by atoms with Crippen molar-refractivity contribution in [2.75, 3.05) is 0 Å². The van der Waals surface area contributed by atoms with Crippen molar-refractivity contribution in [2.45, 2.75) is 5.92 Å². The van der Waals surface area contributed by atoms with Crippen molar-refractivity contribution in [1.29, 1.82) is 0 Å². The summed E-state index contributed by atoms with van der Waals surface area (Å²) in [4.78, 5) is 27.0. The van der Waals surface area contributed by atoms with Gasteiger partial charge in [0.15, 0.2) is 11.6 Å². The molecule has 0 bridgehead atoms. The monoisotopic (exact) mass is 402 g/mol. The highest BCUT2D eigenvalue weighted by Crippen LogP contribution is 2.29. The van der Waals surface area contributed by atoms with Crippen LogP contribution in [0.3, 0.4) is 0 Å². The Balaban J connectivity index is 1.87. The topological polar surface area (TPSA) is 34.1 Å². The number of carbonyl (C=O) groups excluding carboxylic acids is 2. The van der Waals surface area contributed by atoms with E-state index in [4.69, 9.17) is 0 Å². The third-order valence-electron chi connectivity index (χ3n) is 5.20. The van der Waals surface area contributed by atoms with Gasteiger partial charge in [-0.1, -0.05) is 127 Å². The highest BCUT2D eigenvalue weighted by atomic mass is 16.1. The van der Waals surface area contributed by atoms with Crippen LogP contribution in [0.5, 0.6) is 0 Å². The van der Waals surface area contributed by atoms with E-state index >= 15 is 0 Å². The van der Waals surface area contributed by atoms with Gasteiger partial charge in [0, 0.05) is 16.7 Å². The van der Waals surface area contributed by atoms with Crippen LogP contribution in [0.2, 0.25) is 0 Å². The van der Waals surface area contributed by atoms with Gasteiger partial charge in [-0.15, -0.1) is 0 Å². The van der Waals surface area contributed by atoms with Gasteiger partial charge in [0.1, 0.15) is 0 Å². The van der Waals surface area contributed by atoms with E-state index in [1.165, 1.54) is 0 Å². The second-order valence-corrected chi connectivity index (χ2v) is 7.26. The molecule has 1 atom stereocenters. The molecule has 4 aromatic carbocycles. The lowest BCUT2D eigenvalue weighted by molar-refractivity contribution is 0.0976. The van der Waals surface area contributed by atoms with Gasteiger partial charge >= 0.3 is 0 Å². The van der Waals surface area contributed by atoms with Gasteiger partial charge in [0.05, 0.1) is 5.92 Å². The molecule has 0 saturated heterocycles. The van der Waals surface area contributed by atoms with Crippen LogP contribution in [-0.2, 0) is 0 Å². The summed E-state index contributed by atoms with van der Waals surface area (Å²) >= 11 is 0. The maximum atomic E-state index is 13.5. The molecule has 2 nitrogen and oxygen atoms in total. The largest absolute Gasteiger partial charge is 0.293 e. The molecule has 0 heterocycles. The minimum atomic E-state index is -0.577. The lowest BCUT2D eigenvalue weighted by Crippen LogP contribution is -2.13. The second-order valence-electron chi connectivity index (χ2n) is 7.26. The Labute approximate surface area is 182 Å². The Morgan fingerprint density at radius 3 is 1.45 bits per heavy atom. The highest BCUT2D eigenvalue weighted by Gasteiger charge is 2.23. The van der Waals surface area contributed by atoms with Crippen molar-refractivity contribution >= 4 is 17.1 Å². The van der Waals surface area contributed by atoms with Crippen LogP contribution in [0.4, 0.5) is 0 Å². The number of ketones is 2. The van der Waals surface area contributed by atoms with Gasteiger partial charge in [-0.3, -0.25) is 9.59 Å². The lowest BCUT2D eigenvalue weighted by atomic mass is 9.86. The van der Waals surface area contributed by atoms with Gasteiger partial charge in [-0.05, 0) is 11.1 Å². The van der Waals surface area contributed by atoms with E-state index in [0.717, 1.165) is 11.1 Å². The molecule has 0 aromatic heterocycles. The molecule has 0 spiro atoms. The molecule has 150 valence electrons. The van der Waals surface area contributed by atoms with Gasteiger partial charge < -0.3 is 0 Å². The summed E-state index contributed by atoms with van der Waals surface area (Å²) in [5.41, 5.74) is 3.37. The summed E-state index contributed by atoms with van der Waals surface area (Å²) in [6, 6.07) is 37.5. The third-order valence-corrected chi connectivity index (χ3v) is 5.20. The number of Topliss-reactive ketones (excluding diaryl/α,β-unsaturated/α-hetero) is 2. The summed E-state index contributed by atoms with van der Waals surface area (Å²) in [7, 11) is 0. The smallest absolute Gasteiger partial charge is 0.193 e. The molecule has 0 aliphatic carbocycles. The van der Waals surface area contributed by atoms with E-state index in [1.54, 1.807) is 12.1 Å². The fourth-order valence-corrected chi connectivity index (χ4v) is 3.60. The summed E-state index contributed by atoms with van der Waals surface area (Å²) in [5, 5.41) is 0. The Morgan fingerprint density at radius 2 is 0.935 bits per heavy atom. The predicted octanol–water partition coefficient (Wildman–Crippen LogP) is 6.62. The van der Waals surface area contributed by atoms with Crippen molar-refractivity contribution in [1.82, 2.24) is 0 Å². The summed E-state index contributed by atoms with van der Waals surface area (Å²) in [6.45, 7) is 0. The van der Waals surface area contributed by atoms with E-state index in [0.29, 0.717) is 16.7 Å². The summed E-state index contributed by atoms with van der Waals surface area (Å²) in [5.74, 6) is -0.721. The quantitative estimate of drug-likeness (QED) is 0.257. The van der Waals surface area contributed by atoms with Crippen LogP contribution in [0.1, 0.15) is 37.8 Å². The first-order valence-corrected chi connectivity index (χ1v) is 10.3. The van der Waals surface area contributed by atoms with Crippen LogP contribution in [0, 0.1) is 0 Å². The van der Waals surface area contributed by atoms with E-state index < -0.39 is 5.92 Å². The van der Waals surface area contributed by atoms with Gasteiger partial charge in [-0.2, -0.15) is 0 Å². The number of hydrogen-bond donors (Lipinski definition) is 0. The van der Waals surface area contributed by atoms with Gasteiger partial charge in [0.2, 0.25) is 0 Å². The fraction of sp³-hybridized carbons (Fsp3) is 0.0345. The first kappa shape index (κ1) is 20.2. The highest BCUT2D eigenvalue weighted by molar-refractivity contribution is 6.29. The summed E-state index contributed by atoms with van der Waals surface area (Å²) < 4.78 is 0. The maximum Gasteiger partial charge on any atom is 0.193 e.